The van der Waals surface area contributed by atoms with Gasteiger partial charge in [-0.3, -0.25) is 9.89 Å². The van der Waals surface area contributed by atoms with E-state index in [1.54, 1.807) is 0 Å². The molecule has 2 aliphatic rings. The standard InChI is InChI=1S/C18H37N5/c1-4-19-18(21-17-8-6-16(3)7-9-17)20-10-11-23-14-12-22(5-2)13-15-23/h16-17H,4-15H2,1-3H3,(H2,19,20,21). The van der Waals surface area contributed by atoms with E-state index in [2.05, 4.69) is 41.2 Å². The molecule has 23 heavy (non-hydrogen) atoms. The van der Waals surface area contributed by atoms with Crippen molar-refractivity contribution in [1.29, 1.82) is 0 Å². The van der Waals surface area contributed by atoms with Crippen molar-refractivity contribution in [3.63, 3.8) is 0 Å². The quantitative estimate of drug-likeness (QED) is 0.577. The van der Waals surface area contributed by atoms with Gasteiger partial charge in [-0.25, -0.2) is 0 Å². The zero-order valence-electron chi connectivity index (χ0n) is 15.5. The number of hydrogen-bond acceptors (Lipinski definition) is 3. The van der Waals surface area contributed by atoms with E-state index in [-0.39, 0.29) is 0 Å². The third-order valence-electron chi connectivity index (χ3n) is 5.30. The molecular weight excluding hydrogens is 286 g/mol. The highest BCUT2D eigenvalue weighted by atomic mass is 15.3. The number of aliphatic imine (C=N–C) groups is 1. The van der Waals surface area contributed by atoms with Gasteiger partial charge in [0.2, 0.25) is 0 Å². The summed E-state index contributed by atoms with van der Waals surface area (Å²) < 4.78 is 0. The molecule has 0 unspecified atom stereocenters. The largest absolute Gasteiger partial charge is 0.357 e. The van der Waals surface area contributed by atoms with Gasteiger partial charge in [0.1, 0.15) is 0 Å². The minimum atomic E-state index is 0.608. The van der Waals surface area contributed by atoms with E-state index in [1.165, 1.54) is 58.4 Å². The maximum Gasteiger partial charge on any atom is 0.191 e. The van der Waals surface area contributed by atoms with Gasteiger partial charge in [0.25, 0.3) is 0 Å². The summed E-state index contributed by atoms with van der Waals surface area (Å²) in [5.74, 6) is 1.91. The molecule has 0 radical (unpaired) electrons. The molecule has 0 amide bonds. The molecule has 5 heteroatoms. The molecule has 1 heterocycles. The van der Waals surface area contributed by atoms with Gasteiger partial charge in [0.15, 0.2) is 5.96 Å². The molecule has 0 spiro atoms. The summed E-state index contributed by atoms with van der Waals surface area (Å²) in [4.78, 5) is 9.87. The van der Waals surface area contributed by atoms with Crippen LogP contribution in [0.4, 0.5) is 0 Å². The van der Waals surface area contributed by atoms with Gasteiger partial charge in [-0.05, 0) is 45.1 Å². The second kappa shape index (κ2) is 10.1. The van der Waals surface area contributed by atoms with Gasteiger partial charge in [-0.15, -0.1) is 0 Å². The van der Waals surface area contributed by atoms with Crippen LogP contribution in [0, 0.1) is 5.92 Å². The topological polar surface area (TPSA) is 42.9 Å². The van der Waals surface area contributed by atoms with Gasteiger partial charge < -0.3 is 15.5 Å². The molecule has 0 aromatic rings. The Morgan fingerprint density at radius 2 is 1.65 bits per heavy atom. The summed E-state index contributed by atoms with van der Waals surface area (Å²) in [6.07, 6.45) is 5.26. The van der Waals surface area contributed by atoms with Crippen LogP contribution in [-0.2, 0) is 0 Å². The highest BCUT2D eigenvalue weighted by molar-refractivity contribution is 5.80. The zero-order chi connectivity index (χ0) is 16.5. The van der Waals surface area contributed by atoms with Crippen molar-refractivity contribution < 1.29 is 0 Å². The third kappa shape index (κ3) is 6.68. The molecule has 0 aromatic heterocycles. The Hall–Kier alpha value is -0.810. The first-order valence-corrected chi connectivity index (χ1v) is 9.70. The number of piperazine rings is 1. The minimum Gasteiger partial charge on any atom is -0.357 e. The van der Waals surface area contributed by atoms with Gasteiger partial charge in [-0.2, -0.15) is 0 Å². The first kappa shape index (κ1) is 18.5. The monoisotopic (exact) mass is 323 g/mol. The fourth-order valence-electron chi connectivity index (χ4n) is 3.55. The van der Waals surface area contributed by atoms with Crippen molar-refractivity contribution in [3.8, 4) is 0 Å². The van der Waals surface area contributed by atoms with E-state index in [4.69, 9.17) is 4.99 Å². The van der Waals surface area contributed by atoms with E-state index >= 15 is 0 Å². The van der Waals surface area contributed by atoms with Crippen molar-refractivity contribution in [3.05, 3.63) is 0 Å². The molecule has 2 rings (SSSR count). The normalized spacial score (nSPS) is 27.9. The molecule has 1 aliphatic carbocycles. The summed E-state index contributed by atoms with van der Waals surface area (Å²) >= 11 is 0. The van der Waals surface area contributed by atoms with Crippen LogP contribution >= 0.6 is 0 Å². The molecule has 1 aliphatic heterocycles. The molecule has 2 fully saturated rings. The van der Waals surface area contributed by atoms with Crippen LogP contribution in [0.25, 0.3) is 0 Å². The molecule has 1 saturated carbocycles. The second-order valence-electron chi connectivity index (χ2n) is 7.14. The van der Waals surface area contributed by atoms with E-state index in [0.717, 1.165) is 31.5 Å². The minimum absolute atomic E-state index is 0.608. The average molecular weight is 324 g/mol. The first-order chi connectivity index (χ1) is 11.2. The van der Waals surface area contributed by atoms with Crippen molar-refractivity contribution in [2.24, 2.45) is 10.9 Å². The molecule has 0 aromatic carbocycles. The Balaban J connectivity index is 1.71. The number of likely N-dealkylation sites (N-methyl/N-ethyl adjacent to an activating group) is 1. The van der Waals surface area contributed by atoms with Crippen LogP contribution in [-0.4, -0.2) is 74.2 Å². The summed E-state index contributed by atoms with van der Waals surface area (Å²) in [5.41, 5.74) is 0. The number of nitrogens with one attached hydrogen (secondary N) is 2. The summed E-state index contributed by atoms with van der Waals surface area (Å²) in [5, 5.41) is 7.05. The van der Waals surface area contributed by atoms with Crippen LogP contribution in [0.3, 0.4) is 0 Å². The Labute approximate surface area is 142 Å². The molecular formula is C18H37N5. The van der Waals surface area contributed by atoms with Gasteiger partial charge >= 0.3 is 0 Å². The second-order valence-corrected chi connectivity index (χ2v) is 7.14. The lowest BCUT2D eigenvalue weighted by Gasteiger charge is -2.33. The third-order valence-corrected chi connectivity index (χ3v) is 5.30. The van der Waals surface area contributed by atoms with Gasteiger partial charge in [0, 0.05) is 45.3 Å². The maximum absolute atomic E-state index is 4.80. The highest BCUT2D eigenvalue weighted by Gasteiger charge is 2.19. The lowest BCUT2D eigenvalue weighted by molar-refractivity contribution is 0.140. The Morgan fingerprint density at radius 3 is 2.26 bits per heavy atom. The first-order valence-electron chi connectivity index (χ1n) is 9.70. The SMILES string of the molecule is CCNC(=NCCN1CCN(CC)CC1)NC1CCC(C)CC1. The summed E-state index contributed by atoms with van der Waals surface area (Å²) in [7, 11) is 0. The van der Waals surface area contributed by atoms with Crippen LogP contribution in [0.1, 0.15) is 46.5 Å². The number of rotatable bonds is 6. The Kier molecular flexibility index (Phi) is 8.17. The van der Waals surface area contributed by atoms with E-state index in [1.807, 2.05) is 0 Å². The average Bonchev–Trinajstić information content (AvgIpc) is 2.58. The summed E-state index contributed by atoms with van der Waals surface area (Å²) in [6.45, 7) is 15.6. The van der Waals surface area contributed by atoms with E-state index < -0.39 is 0 Å². The lowest BCUT2D eigenvalue weighted by Crippen LogP contribution is -2.47. The Bertz CT molecular complexity index is 341. The lowest BCUT2D eigenvalue weighted by atomic mass is 9.87. The fraction of sp³-hybridized carbons (Fsp3) is 0.944. The molecule has 0 bridgehead atoms. The smallest absolute Gasteiger partial charge is 0.191 e. The van der Waals surface area contributed by atoms with Crippen molar-refractivity contribution in [2.75, 3.05) is 52.4 Å². The van der Waals surface area contributed by atoms with E-state index in [0.29, 0.717) is 6.04 Å². The zero-order valence-corrected chi connectivity index (χ0v) is 15.5. The van der Waals surface area contributed by atoms with Crippen LogP contribution in [0.15, 0.2) is 4.99 Å². The Morgan fingerprint density at radius 1 is 1.00 bits per heavy atom. The predicted molar refractivity (Wildman–Crippen MR) is 99.1 cm³/mol. The van der Waals surface area contributed by atoms with Crippen LogP contribution in [0.5, 0.6) is 0 Å². The summed E-state index contributed by atoms with van der Waals surface area (Å²) in [6, 6.07) is 0.608. The van der Waals surface area contributed by atoms with Gasteiger partial charge in [-0.1, -0.05) is 13.8 Å². The van der Waals surface area contributed by atoms with E-state index in [9.17, 15) is 0 Å². The molecule has 5 nitrogen and oxygen atoms in total. The molecule has 1 saturated heterocycles. The van der Waals surface area contributed by atoms with Crippen LogP contribution in [0.2, 0.25) is 0 Å². The number of nitrogens with zero attached hydrogens (tertiary/aromatic N) is 3. The van der Waals surface area contributed by atoms with Crippen molar-refractivity contribution in [2.45, 2.75) is 52.5 Å². The highest BCUT2D eigenvalue weighted by Crippen LogP contribution is 2.23. The van der Waals surface area contributed by atoms with Crippen LogP contribution < -0.4 is 10.6 Å². The molecule has 134 valence electrons. The van der Waals surface area contributed by atoms with Crippen molar-refractivity contribution >= 4 is 5.96 Å². The maximum atomic E-state index is 4.80. The molecule has 2 N–H and O–H groups in total. The van der Waals surface area contributed by atoms with Gasteiger partial charge in [0.05, 0.1) is 6.54 Å². The molecule has 0 atom stereocenters. The number of guanidine groups is 1. The predicted octanol–water partition coefficient (Wildman–Crippen LogP) is 1.76. The number of hydrogen-bond donors (Lipinski definition) is 2. The van der Waals surface area contributed by atoms with Crippen molar-refractivity contribution in [1.82, 2.24) is 20.4 Å². The fourth-order valence-corrected chi connectivity index (χ4v) is 3.55.